The first kappa shape index (κ1) is 13.4. The summed E-state index contributed by atoms with van der Waals surface area (Å²) in [6, 6.07) is 2.95. The lowest BCUT2D eigenvalue weighted by Crippen LogP contribution is -2.40. The molecule has 5 heteroatoms. The Hall–Kier alpha value is -1.54. The van der Waals surface area contributed by atoms with Crippen molar-refractivity contribution in [2.45, 2.75) is 38.6 Å². The quantitative estimate of drug-likeness (QED) is 0.904. The van der Waals surface area contributed by atoms with Gasteiger partial charge in [0, 0.05) is 19.6 Å². The van der Waals surface area contributed by atoms with Crippen molar-refractivity contribution >= 4 is 5.82 Å². The Morgan fingerprint density at radius 3 is 2.85 bits per heavy atom. The summed E-state index contributed by atoms with van der Waals surface area (Å²) in [6.45, 7) is 5.22. The van der Waals surface area contributed by atoms with Crippen molar-refractivity contribution in [1.82, 2.24) is 15.1 Å². The summed E-state index contributed by atoms with van der Waals surface area (Å²) < 4.78 is 1.89. The second-order valence-corrected chi connectivity index (χ2v) is 6.12. The van der Waals surface area contributed by atoms with E-state index in [-0.39, 0.29) is 0 Å². The fourth-order valence-corrected chi connectivity index (χ4v) is 3.26. The average Bonchev–Trinajstić information content (AvgIpc) is 3.23. The van der Waals surface area contributed by atoms with Crippen LogP contribution < -0.4 is 10.2 Å². The van der Waals surface area contributed by atoms with Crippen LogP contribution >= 0.6 is 0 Å². The van der Waals surface area contributed by atoms with E-state index in [1.807, 2.05) is 18.7 Å². The Labute approximate surface area is 120 Å². The number of hydrogen-bond donors (Lipinski definition) is 1. The number of nitrogens with one attached hydrogen (secondary N) is 1. The van der Waals surface area contributed by atoms with Gasteiger partial charge >= 0.3 is 0 Å². The van der Waals surface area contributed by atoms with E-state index in [4.69, 9.17) is 0 Å². The SMILES string of the molecule is Cc1nn(C)c(N(CC2CCCNC2)C2CC2)c1C#N. The molecule has 1 N–H and O–H groups in total. The number of anilines is 1. The second-order valence-electron chi connectivity index (χ2n) is 6.12. The predicted octanol–water partition coefficient (Wildman–Crippen LogP) is 1.57. The first-order chi connectivity index (χ1) is 9.70. The highest BCUT2D eigenvalue weighted by Crippen LogP contribution is 2.35. The Balaban J connectivity index is 1.85. The van der Waals surface area contributed by atoms with Gasteiger partial charge in [-0.25, -0.2) is 0 Å². The molecule has 1 saturated heterocycles. The highest BCUT2D eigenvalue weighted by atomic mass is 15.4. The zero-order chi connectivity index (χ0) is 14.1. The van der Waals surface area contributed by atoms with Crippen LogP contribution in [0.2, 0.25) is 0 Å². The molecule has 0 radical (unpaired) electrons. The van der Waals surface area contributed by atoms with Gasteiger partial charge in [0.15, 0.2) is 0 Å². The smallest absolute Gasteiger partial charge is 0.145 e. The molecule has 0 bridgehead atoms. The third kappa shape index (κ3) is 2.53. The Kier molecular flexibility index (Phi) is 3.66. The van der Waals surface area contributed by atoms with Crippen LogP contribution in [0.3, 0.4) is 0 Å². The molecule has 1 aromatic heterocycles. The molecule has 108 valence electrons. The molecule has 1 aliphatic heterocycles. The first-order valence-electron chi connectivity index (χ1n) is 7.61. The van der Waals surface area contributed by atoms with Crippen molar-refractivity contribution < 1.29 is 0 Å². The zero-order valence-electron chi connectivity index (χ0n) is 12.4. The fourth-order valence-electron chi connectivity index (χ4n) is 3.26. The summed E-state index contributed by atoms with van der Waals surface area (Å²) in [5, 5.41) is 17.4. The summed E-state index contributed by atoms with van der Waals surface area (Å²) in [5.74, 6) is 1.71. The molecule has 2 heterocycles. The predicted molar refractivity (Wildman–Crippen MR) is 78.6 cm³/mol. The zero-order valence-corrected chi connectivity index (χ0v) is 12.4. The van der Waals surface area contributed by atoms with Gasteiger partial charge in [0.25, 0.3) is 0 Å². The van der Waals surface area contributed by atoms with E-state index in [0.717, 1.165) is 36.7 Å². The molecular weight excluding hydrogens is 250 g/mol. The highest BCUT2D eigenvalue weighted by molar-refractivity contribution is 5.58. The van der Waals surface area contributed by atoms with Crippen LogP contribution in [0.4, 0.5) is 5.82 Å². The maximum absolute atomic E-state index is 9.43. The van der Waals surface area contributed by atoms with Crippen molar-refractivity contribution in [2.75, 3.05) is 24.5 Å². The van der Waals surface area contributed by atoms with Crippen LogP contribution in [0.5, 0.6) is 0 Å². The molecule has 2 aliphatic rings. The molecule has 0 amide bonds. The topological polar surface area (TPSA) is 56.9 Å². The van der Waals surface area contributed by atoms with Gasteiger partial charge in [-0.1, -0.05) is 0 Å². The van der Waals surface area contributed by atoms with Gasteiger partial charge < -0.3 is 10.2 Å². The molecule has 1 unspecified atom stereocenters. The summed E-state index contributed by atoms with van der Waals surface area (Å²) in [6.07, 6.45) is 5.04. The lowest BCUT2D eigenvalue weighted by atomic mass is 9.99. The van der Waals surface area contributed by atoms with Crippen LogP contribution in [-0.4, -0.2) is 35.5 Å². The molecule has 20 heavy (non-hydrogen) atoms. The average molecular weight is 273 g/mol. The van der Waals surface area contributed by atoms with E-state index in [9.17, 15) is 5.26 Å². The molecule has 1 saturated carbocycles. The van der Waals surface area contributed by atoms with Crippen LogP contribution in [0.1, 0.15) is 36.9 Å². The number of nitrogens with zero attached hydrogens (tertiary/aromatic N) is 4. The van der Waals surface area contributed by atoms with Gasteiger partial charge in [-0.05, 0) is 51.6 Å². The van der Waals surface area contributed by atoms with Crippen LogP contribution in [0.25, 0.3) is 0 Å². The standard InChI is InChI=1S/C15H23N5/c1-11-14(8-16)15(19(2)18-11)20(13-5-6-13)10-12-4-3-7-17-9-12/h12-13,17H,3-7,9-10H2,1-2H3. The van der Waals surface area contributed by atoms with Crippen LogP contribution in [0, 0.1) is 24.2 Å². The van der Waals surface area contributed by atoms with Gasteiger partial charge in [0.1, 0.15) is 17.5 Å². The monoisotopic (exact) mass is 273 g/mol. The van der Waals surface area contributed by atoms with E-state index < -0.39 is 0 Å². The van der Waals surface area contributed by atoms with E-state index >= 15 is 0 Å². The highest BCUT2D eigenvalue weighted by Gasteiger charge is 2.34. The Bertz CT molecular complexity index is 517. The maximum atomic E-state index is 9.43. The minimum absolute atomic E-state index is 0.610. The Morgan fingerprint density at radius 2 is 2.25 bits per heavy atom. The molecule has 2 fully saturated rings. The van der Waals surface area contributed by atoms with Gasteiger partial charge in [-0.15, -0.1) is 0 Å². The van der Waals surface area contributed by atoms with Crippen LogP contribution in [-0.2, 0) is 7.05 Å². The number of aromatic nitrogens is 2. The molecule has 1 aromatic rings. The number of hydrogen-bond acceptors (Lipinski definition) is 4. The number of piperidine rings is 1. The van der Waals surface area contributed by atoms with Gasteiger partial charge in [0.05, 0.1) is 5.69 Å². The van der Waals surface area contributed by atoms with E-state index in [0.29, 0.717) is 12.0 Å². The second kappa shape index (κ2) is 5.45. The summed E-state index contributed by atoms with van der Waals surface area (Å²) in [4.78, 5) is 2.44. The van der Waals surface area contributed by atoms with E-state index in [1.165, 1.54) is 25.7 Å². The summed E-state index contributed by atoms with van der Waals surface area (Å²) in [7, 11) is 1.96. The number of nitriles is 1. The summed E-state index contributed by atoms with van der Waals surface area (Å²) >= 11 is 0. The maximum Gasteiger partial charge on any atom is 0.145 e. The number of aryl methyl sites for hydroxylation is 2. The molecular formula is C15H23N5. The molecule has 0 aromatic carbocycles. The molecule has 3 rings (SSSR count). The third-order valence-electron chi connectivity index (χ3n) is 4.42. The van der Waals surface area contributed by atoms with Crippen molar-refractivity contribution in [1.29, 1.82) is 5.26 Å². The summed E-state index contributed by atoms with van der Waals surface area (Å²) in [5.41, 5.74) is 1.60. The lowest BCUT2D eigenvalue weighted by molar-refractivity contribution is 0.374. The fraction of sp³-hybridized carbons (Fsp3) is 0.733. The van der Waals surface area contributed by atoms with Gasteiger partial charge in [-0.2, -0.15) is 10.4 Å². The van der Waals surface area contributed by atoms with Crippen molar-refractivity contribution in [3.05, 3.63) is 11.3 Å². The number of rotatable bonds is 4. The van der Waals surface area contributed by atoms with E-state index in [1.54, 1.807) is 0 Å². The first-order valence-corrected chi connectivity index (χ1v) is 7.61. The minimum Gasteiger partial charge on any atom is -0.352 e. The van der Waals surface area contributed by atoms with Gasteiger partial charge in [0.2, 0.25) is 0 Å². The van der Waals surface area contributed by atoms with Gasteiger partial charge in [-0.3, -0.25) is 4.68 Å². The van der Waals surface area contributed by atoms with Crippen LogP contribution in [0.15, 0.2) is 0 Å². The molecule has 1 aliphatic carbocycles. The normalized spacial score (nSPS) is 22.6. The lowest BCUT2D eigenvalue weighted by Gasteiger charge is -2.31. The third-order valence-corrected chi connectivity index (χ3v) is 4.42. The molecule has 5 nitrogen and oxygen atoms in total. The Morgan fingerprint density at radius 1 is 1.45 bits per heavy atom. The minimum atomic E-state index is 0.610. The van der Waals surface area contributed by atoms with Crippen molar-refractivity contribution in [2.24, 2.45) is 13.0 Å². The molecule has 0 spiro atoms. The molecule has 1 atom stereocenters. The van der Waals surface area contributed by atoms with Crippen molar-refractivity contribution in [3.8, 4) is 6.07 Å². The van der Waals surface area contributed by atoms with Crippen molar-refractivity contribution in [3.63, 3.8) is 0 Å². The van der Waals surface area contributed by atoms with E-state index in [2.05, 4.69) is 21.4 Å². The largest absolute Gasteiger partial charge is 0.352 e.